The van der Waals surface area contributed by atoms with Crippen LogP contribution in [0.15, 0.2) is 41.4 Å². The fourth-order valence-corrected chi connectivity index (χ4v) is 1.06. The molecule has 12 heavy (non-hydrogen) atoms. The molecule has 1 nitrogen and oxygen atoms in total. The summed E-state index contributed by atoms with van der Waals surface area (Å²) in [6, 6.07) is 10.2. The molecular formula is C11H13N. The molecule has 0 spiro atoms. The van der Waals surface area contributed by atoms with E-state index in [0.29, 0.717) is 0 Å². The van der Waals surface area contributed by atoms with Crippen LogP contribution >= 0.6 is 0 Å². The van der Waals surface area contributed by atoms with Crippen LogP contribution in [0.4, 0.5) is 0 Å². The Labute approximate surface area is 73.5 Å². The number of allylic oxidation sites excluding steroid dienone is 1. The standard InChI is InChI=1S/C11H13N/c1-3-11(12-4-2)10-8-6-5-7-9-10/h3-9H,1-2H3/b11-3-,12-4?. The molecule has 0 heterocycles. The van der Waals surface area contributed by atoms with Crippen LogP contribution < -0.4 is 0 Å². The lowest BCUT2D eigenvalue weighted by Gasteiger charge is -1.98. The third-order valence-electron chi connectivity index (χ3n) is 1.61. The van der Waals surface area contributed by atoms with Gasteiger partial charge in [0.2, 0.25) is 0 Å². The van der Waals surface area contributed by atoms with Crippen molar-refractivity contribution in [3.05, 3.63) is 42.0 Å². The van der Waals surface area contributed by atoms with Crippen LogP contribution in [-0.2, 0) is 0 Å². The van der Waals surface area contributed by atoms with Crippen molar-refractivity contribution in [2.45, 2.75) is 13.8 Å². The highest BCUT2D eigenvalue weighted by Crippen LogP contribution is 2.13. The molecule has 0 N–H and O–H groups in total. The monoisotopic (exact) mass is 159 g/mol. The quantitative estimate of drug-likeness (QED) is 0.588. The van der Waals surface area contributed by atoms with E-state index >= 15 is 0 Å². The number of hydrogen-bond donors (Lipinski definition) is 0. The second kappa shape index (κ2) is 4.50. The maximum atomic E-state index is 4.25. The Morgan fingerprint density at radius 2 is 1.83 bits per heavy atom. The van der Waals surface area contributed by atoms with Crippen molar-refractivity contribution in [2.24, 2.45) is 4.99 Å². The molecule has 0 unspecified atom stereocenters. The van der Waals surface area contributed by atoms with E-state index in [1.165, 1.54) is 0 Å². The highest BCUT2D eigenvalue weighted by molar-refractivity contribution is 5.72. The Hall–Kier alpha value is -1.37. The first kappa shape index (κ1) is 8.72. The molecule has 1 heteroatoms. The smallest absolute Gasteiger partial charge is 0.0655 e. The lowest BCUT2D eigenvalue weighted by Crippen LogP contribution is -1.79. The first-order chi connectivity index (χ1) is 5.88. The Morgan fingerprint density at radius 3 is 2.33 bits per heavy atom. The molecular weight excluding hydrogens is 146 g/mol. The van der Waals surface area contributed by atoms with E-state index in [2.05, 4.69) is 17.1 Å². The Bertz CT molecular complexity index is 283. The third-order valence-corrected chi connectivity index (χ3v) is 1.61. The van der Waals surface area contributed by atoms with E-state index in [1.807, 2.05) is 44.3 Å². The molecule has 0 aliphatic heterocycles. The van der Waals surface area contributed by atoms with Gasteiger partial charge in [-0.05, 0) is 19.4 Å². The number of nitrogens with zero attached hydrogens (tertiary/aromatic N) is 1. The van der Waals surface area contributed by atoms with Gasteiger partial charge in [0.1, 0.15) is 0 Å². The predicted octanol–water partition coefficient (Wildman–Crippen LogP) is 3.14. The summed E-state index contributed by atoms with van der Waals surface area (Å²) < 4.78 is 0. The molecule has 1 rings (SSSR count). The summed E-state index contributed by atoms with van der Waals surface area (Å²) in [5.74, 6) is 0. The van der Waals surface area contributed by atoms with Gasteiger partial charge in [-0.15, -0.1) is 0 Å². The summed E-state index contributed by atoms with van der Waals surface area (Å²) in [5.41, 5.74) is 2.19. The molecule has 0 aliphatic carbocycles. The van der Waals surface area contributed by atoms with Crippen LogP contribution in [0.1, 0.15) is 19.4 Å². The molecule has 0 saturated heterocycles. The Morgan fingerprint density at radius 1 is 1.17 bits per heavy atom. The van der Waals surface area contributed by atoms with Gasteiger partial charge in [-0.25, -0.2) is 0 Å². The van der Waals surface area contributed by atoms with Crippen LogP contribution in [-0.4, -0.2) is 6.21 Å². The van der Waals surface area contributed by atoms with Crippen molar-refractivity contribution < 1.29 is 0 Å². The summed E-state index contributed by atoms with van der Waals surface area (Å²) in [5, 5.41) is 0. The number of aliphatic imine (C=N–C) groups is 1. The van der Waals surface area contributed by atoms with Crippen LogP contribution in [0.25, 0.3) is 5.70 Å². The van der Waals surface area contributed by atoms with E-state index in [0.717, 1.165) is 11.3 Å². The molecule has 0 amide bonds. The van der Waals surface area contributed by atoms with Crippen molar-refractivity contribution in [3.63, 3.8) is 0 Å². The van der Waals surface area contributed by atoms with E-state index in [4.69, 9.17) is 0 Å². The zero-order chi connectivity index (χ0) is 8.81. The van der Waals surface area contributed by atoms with Crippen molar-refractivity contribution in [2.75, 3.05) is 0 Å². The largest absolute Gasteiger partial charge is 0.261 e. The average Bonchev–Trinajstić information content (AvgIpc) is 2.15. The molecule has 0 aliphatic rings. The highest BCUT2D eigenvalue weighted by atomic mass is 14.7. The first-order valence-corrected chi connectivity index (χ1v) is 4.09. The van der Waals surface area contributed by atoms with Crippen LogP contribution in [0.5, 0.6) is 0 Å². The summed E-state index contributed by atoms with van der Waals surface area (Å²) in [6.45, 7) is 3.92. The van der Waals surface area contributed by atoms with Gasteiger partial charge in [0, 0.05) is 6.21 Å². The van der Waals surface area contributed by atoms with Crippen molar-refractivity contribution in [1.29, 1.82) is 0 Å². The predicted molar refractivity (Wildman–Crippen MR) is 54.3 cm³/mol. The number of hydrogen-bond acceptors (Lipinski definition) is 1. The lowest BCUT2D eigenvalue weighted by molar-refractivity contribution is 1.48. The highest BCUT2D eigenvalue weighted by Gasteiger charge is 1.93. The first-order valence-electron chi connectivity index (χ1n) is 4.09. The zero-order valence-corrected chi connectivity index (χ0v) is 7.49. The molecule has 0 aromatic heterocycles. The van der Waals surface area contributed by atoms with Gasteiger partial charge in [0.25, 0.3) is 0 Å². The van der Waals surface area contributed by atoms with Gasteiger partial charge >= 0.3 is 0 Å². The zero-order valence-electron chi connectivity index (χ0n) is 7.49. The van der Waals surface area contributed by atoms with E-state index in [-0.39, 0.29) is 0 Å². The second-order valence-corrected chi connectivity index (χ2v) is 2.43. The van der Waals surface area contributed by atoms with Gasteiger partial charge in [0.15, 0.2) is 0 Å². The second-order valence-electron chi connectivity index (χ2n) is 2.43. The molecule has 0 fully saturated rings. The summed E-state index contributed by atoms with van der Waals surface area (Å²) in [6.07, 6.45) is 3.82. The minimum absolute atomic E-state index is 1.03. The SMILES string of the molecule is CC=N/C(=C\C)c1ccccc1. The van der Waals surface area contributed by atoms with Crippen molar-refractivity contribution in [1.82, 2.24) is 0 Å². The minimum Gasteiger partial charge on any atom is -0.261 e. The molecule has 1 aromatic rings. The maximum Gasteiger partial charge on any atom is 0.0655 e. The average molecular weight is 159 g/mol. The summed E-state index contributed by atoms with van der Waals surface area (Å²) in [7, 11) is 0. The maximum absolute atomic E-state index is 4.25. The minimum atomic E-state index is 1.03. The Balaban J connectivity index is 2.97. The van der Waals surface area contributed by atoms with E-state index in [9.17, 15) is 0 Å². The molecule has 62 valence electrons. The summed E-state index contributed by atoms with van der Waals surface area (Å²) >= 11 is 0. The van der Waals surface area contributed by atoms with Crippen LogP contribution in [0.2, 0.25) is 0 Å². The normalized spacial score (nSPS) is 12.3. The number of benzene rings is 1. The van der Waals surface area contributed by atoms with Crippen molar-refractivity contribution in [3.8, 4) is 0 Å². The van der Waals surface area contributed by atoms with Gasteiger partial charge in [-0.2, -0.15) is 0 Å². The molecule has 1 aromatic carbocycles. The topological polar surface area (TPSA) is 12.4 Å². The third kappa shape index (κ3) is 2.06. The van der Waals surface area contributed by atoms with Gasteiger partial charge in [-0.3, -0.25) is 4.99 Å². The fraction of sp³-hybridized carbons (Fsp3) is 0.182. The van der Waals surface area contributed by atoms with E-state index < -0.39 is 0 Å². The van der Waals surface area contributed by atoms with Gasteiger partial charge in [0.05, 0.1) is 5.70 Å². The number of rotatable bonds is 2. The van der Waals surface area contributed by atoms with Gasteiger partial charge < -0.3 is 0 Å². The Kier molecular flexibility index (Phi) is 3.27. The summed E-state index contributed by atoms with van der Waals surface area (Å²) in [4.78, 5) is 4.25. The fourth-order valence-electron chi connectivity index (χ4n) is 1.06. The van der Waals surface area contributed by atoms with Gasteiger partial charge in [-0.1, -0.05) is 36.4 Å². The molecule has 0 atom stereocenters. The van der Waals surface area contributed by atoms with Crippen LogP contribution in [0, 0.1) is 0 Å². The van der Waals surface area contributed by atoms with Crippen LogP contribution in [0.3, 0.4) is 0 Å². The lowest BCUT2D eigenvalue weighted by atomic mass is 10.1. The van der Waals surface area contributed by atoms with Crippen molar-refractivity contribution >= 4 is 11.9 Å². The molecule has 0 radical (unpaired) electrons. The molecule has 0 bridgehead atoms. The van der Waals surface area contributed by atoms with E-state index in [1.54, 1.807) is 0 Å². The molecule has 0 saturated carbocycles.